The summed E-state index contributed by atoms with van der Waals surface area (Å²) in [6, 6.07) is 0. The minimum atomic E-state index is -0.465. The topological polar surface area (TPSA) is 46.2 Å². The molecule has 0 amide bonds. The first-order valence-corrected chi connectivity index (χ1v) is 8.54. The van der Waals surface area contributed by atoms with Crippen molar-refractivity contribution in [2.75, 3.05) is 6.54 Å². The Bertz CT molecular complexity index is 283. The molecule has 2 atom stereocenters. The van der Waals surface area contributed by atoms with Gasteiger partial charge in [0.05, 0.1) is 5.60 Å². The summed E-state index contributed by atoms with van der Waals surface area (Å²) < 4.78 is 0. The Morgan fingerprint density at radius 2 is 1.79 bits per heavy atom. The molecule has 0 aliphatic heterocycles. The SMILES string of the molecule is CCCC1CCC(CN)(C2(O)CCCC2CC)CC1. The molecule has 19 heavy (non-hydrogen) atoms. The maximum atomic E-state index is 11.4. The van der Waals surface area contributed by atoms with Gasteiger partial charge in [0.15, 0.2) is 0 Å². The molecular formula is C17H33NO. The molecule has 0 spiro atoms. The highest BCUT2D eigenvalue weighted by molar-refractivity contribution is 5.07. The fourth-order valence-electron chi connectivity index (χ4n) is 5.04. The molecule has 0 saturated heterocycles. The Balaban J connectivity index is 2.11. The van der Waals surface area contributed by atoms with Crippen molar-refractivity contribution in [1.82, 2.24) is 0 Å². The lowest BCUT2D eigenvalue weighted by Crippen LogP contribution is -2.56. The minimum absolute atomic E-state index is 0.0222. The molecule has 0 aromatic carbocycles. The highest BCUT2D eigenvalue weighted by atomic mass is 16.3. The summed E-state index contributed by atoms with van der Waals surface area (Å²) in [7, 11) is 0. The van der Waals surface area contributed by atoms with Crippen LogP contribution in [-0.4, -0.2) is 17.3 Å². The first-order valence-electron chi connectivity index (χ1n) is 8.54. The molecular weight excluding hydrogens is 234 g/mol. The van der Waals surface area contributed by atoms with Crippen molar-refractivity contribution in [3.63, 3.8) is 0 Å². The van der Waals surface area contributed by atoms with Gasteiger partial charge < -0.3 is 10.8 Å². The smallest absolute Gasteiger partial charge is 0.0743 e. The normalized spacial score (nSPS) is 43.6. The Hall–Kier alpha value is -0.0800. The largest absolute Gasteiger partial charge is 0.389 e. The minimum Gasteiger partial charge on any atom is -0.389 e. The lowest BCUT2D eigenvalue weighted by Gasteiger charge is -2.51. The summed E-state index contributed by atoms with van der Waals surface area (Å²) in [5.74, 6) is 1.37. The Kier molecular flexibility index (Phi) is 4.94. The van der Waals surface area contributed by atoms with Crippen LogP contribution in [0.2, 0.25) is 0 Å². The molecule has 0 heterocycles. The first-order chi connectivity index (χ1) is 9.12. The molecule has 112 valence electrons. The molecule has 2 unspecified atom stereocenters. The average Bonchev–Trinajstić information content (AvgIpc) is 2.83. The Labute approximate surface area is 119 Å². The third kappa shape index (κ3) is 2.58. The van der Waals surface area contributed by atoms with Crippen molar-refractivity contribution < 1.29 is 5.11 Å². The molecule has 2 fully saturated rings. The number of nitrogens with two attached hydrogens (primary N) is 1. The zero-order valence-corrected chi connectivity index (χ0v) is 13.0. The molecule has 2 aliphatic rings. The van der Waals surface area contributed by atoms with Gasteiger partial charge >= 0.3 is 0 Å². The van der Waals surface area contributed by atoms with Gasteiger partial charge in [-0.25, -0.2) is 0 Å². The quantitative estimate of drug-likeness (QED) is 0.794. The lowest BCUT2D eigenvalue weighted by molar-refractivity contribution is -0.130. The van der Waals surface area contributed by atoms with Crippen LogP contribution in [0.5, 0.6) is 0 Å². The van der Waals surface area contributed by atoms with Gasteiger partial charge in [-0.3, -0.25) is 0 Å². The third-order valence-corrected chi connectivity index (χ3v) is 6.35. The summed E-state index contributed by atoms with van der Waals surface area (Å²) in [6.07, 6.45) is 12.0. The second-order valence-electron chi connectivity index (χ2n) is 7.14. The summed E-state index contributed by atoms with van der Waals surface area (Å²) in [5, 5.41) is 11.4. The van der Waals surface area contributed by atoms with Crippen molar-refractivity contribution in [3.8, 4) is 0 Å². The fraction of sp³-hybridized carbons (Fsp3) is 1.00. The fourth-order valence-corrected chi connectivity index (χ4v) is 5.04. The van der Waals surface area contributed by atoms with Crippen LogP contribution < -0.4 is 5.73 Å². The van der Waals surface area contributed by atoms with Crippen molar-refractivity contribution in [2.24, 2.45) is 23.0 Å². The maximum absolute atomic E-state index is 11.4. The van der Waals surface area contributed by atoms with E-state index in [2.05, 4.69) is 13.8 Å². The third-order valence-electron chi connectivity index (χ3n) is 6.35. The van der Waals surface area contributed by atoms with Crippen LogP contribution in [0.3, 0.4) is 0 Å². The van der Waals surface area contributed by atoms with Crippen LogP contribution in [0, 0.1) is 17.3 Å². The van der Waals surface area contributed by atoms with Gasteiger partial charge in [-0.15, -0.1) is 0 Å². The van der Waals surface area contributed by atoms with E-state index in [1.165, 1.54) is 38.5 Å². The number of hydrogen-bond acceptors (Lipinski definition) is 2. The van der Waals surface area contributed by atoms with E-state index in [9.17, 15) is 5.11 Å². The van der Waals surface area contributed by atoms with Crippen LogP contribution in [0.1, 0.15) is 78.1 Å². The Morgan fingerprint density at radius 1 is 1.11 bits per heavy atom. The summed E-state index contributed by atoms with van der Waals surface area (Å²) in [4.78, 5) is 0. The van der Waals surface area contributed by atoms with Crippen LogP contribution >= 0.6 is 0 Å². The van der Waals surface area contributed by atoms with Crippen molar-refractivity contribution in [2.45, 2.75) is 83.7 Å². The van der Waals surface area contributed by atoms with Gasteiger partial charge in [0, 0.05) is 12.0 Å². The first kappa shape index (κ1) is 15.3. The monoisotopic (exact) mass is 267 g/mol. The van der Waals surface area contributed by atoms with E-state index >= 15 is 0 Å². The van der Waals surface area contributed by atoms with E-state index < -0.39 is 5.60 Å². The highest BCUT2D eigenvalue weighted by Crippen LogP contribution is 2.55. The van der Waals surface area contributed by atoms with E-state index in [1.54, 1.807) is 0 Å². The van der Waals surface area contributed by atoms with E-state index in [1.807, 2.05) is 0 Å². The van der Waals surface area contributed by atoms with Crippen LogP contribution in [-0.2, 0) is 0 Å². The number of rotatable bonds is 5. The molecule has 0 bridgehead atoms. The molecule has 2 aliphatic carbocycles. The zero-order chi connectivity index (χ0) is 13.9. The summed E-state index contributed by atoms with van der Waals surface area (Å²) in [5.41, 5.74) is 5.74. The molecule has 0 aromatic rings. The van der Waals surface area contributed by atoms with E-state index in [0.717, 1.165) is 31.6 Å². The molecule has 2 saturated carbocycles. The van der Waals surface area contributed by atoms with Crippen molar-refractivity contribution in [1.29, 1.82) is 0 Å². The van der Waals surface area contributed by atoms with Crippen LogP contribution in [0.25, 0.3) is 0 Å². The predicted octanol–water partition coefficient (Wildman–Crippen LogP) is 3.86. The summed E-state index contributed by atoms with van der Waals surface area (Å²) in [6.45, 7) is 5.19. The molecule has 3 N–H and O–H groups in total. The molecule has 0 radical (unpaired) electrons. The molecule has 2 rings (SSSR count). The zero-order valence-electron chi connectivity index (χ0n) is 13.0. The second kappa shape index (κ2) is 6.13. The average molecular weight is 267 g/mol. The number of hydrogen-bond donors (Lipinski definition) is 2. The van der Waals surface area contributed by atoms with Gasteiger partial charge in [0.25, 0.3) is 0 Å². The van der Waals surface area contributed by atoms with E-state index in [0.29, 0.717) is 12.5 Å². The maximum Gasteiger partial charge on any atom is 0.0743 e. The lowest BCUT2D eigenvalue weighted by atomic mass is 9.57. The van der Waals surface area contributed by atoms with Gasteiger partial charge in [0.2, 0.25) is 0 Å². The van der Waals surface area contributed by atoms with Crippen molar-refractivity contribution in [3.05, 3.63) is 0 Å². The van der Waals surface area contributed by atoms with Gasteiger partial charge in [-0.2, -0.15) is 0 Å². The predicted molar refractivity (Wildman–Crippen MR) is 80.9 cm³/mol. The standard InChI is InChI=1S/C17H33NO/c1-3-6-14-8-11-16(13-18,12-9-14)17(19)10-5-7-15(17)4-2/h14-15,19H,3-13,18H2,1-2H3. The highest BCUT2D eigenvalue weighted by Gasteiger charge is 2.55. The van der Waals surface area contributed by atoms with Gasteiger partial charge in [-0.05, 0) is 50.4 Å². The molecule has 2 heteroatoms. The number of aliphatic hydroxyl groups is 1. The van der Waals surface area contributed by atoms with Crippen LogP contribution in [0.4, 0.5) is 0 Å². The van der Waals surface area contributed by atoms with Gasteiger partial charge in [-0.1, -0.05) is 39.5 Å². The second-order valence-corrected chi connectivity index (χ2v) is 7.14. The Morgan fingerprint density at radius 3 is 2.32 bits per heavy atom. The molecule has 2 nitrogen and oxygen atoms in total. The van der Waals surface area contributed by atoms with E-state index in [-0.39, 0.29) is 5.41 Å². The van der Waals surface area contributed by atoms with Gasteiger partial charge in [0.1, 0.15) is 0 Å². The van der Waals surface area contributed by atoms with Crippen molar-refractivity contribution >= 4 is 0 Å². The summed E-state index contributed by atoms with van der Waals surface area (Å²) >= 11 is 0. The van der Waals surface area contributed by atoms with E-state index in [4.69, 9.17) is 5.73 Å². The molecule has 0 aromatic heterocycles. The van der Waals surface area contributed by atoms with Crippen LogP contribution in [0.15, 0.2) is 0 Å².